The summed E-state index contributed by atoms with van der Waals surface area (Å²) in [4.78, 5) is 18.2. The number of benzene rings is 1. The van der Waals surface area contributed by atoms with Gasteiger partial charge in [0.25, 0.3) is 0 Å². The Morgan fingerprint density at radius 3 is 2.33 bits per heavy atom. The third kappa shape index (κ3) is 8.82. The van der Waals surface area contributed by atoms with E-state index in [9.17, 15) is 0 Å². The van der Waals surface area contributed by atoms with Crippen molar-refractivity contribution in [1.29, 1.82) is 0 Å². The second-order valence-corrected chi connectivity index (χ2v) is 4.96. The lowest BCUT2D eigenvalue weighted by Crippen LogP contribution is -2.16. The lowest BCUT2D eigenvalue weighted by Gasteiger charge is -2.06. The summed E-state index contributed by atoms with van der Waals surface area (Å²) in [5.74, 6) is -1.84. The highest BCUT2D eigenvalue weighted by molar-refractivity contribution is 6.30. The van der Waals surface area contributed by atoms with Crippen molar-refractivity contribution in [2.24, 2.45) is 0 Å². The molecule has 0 bridgehead atoms. The SMILES string of the molecule is Clc1ccc(OCCCNCc2ccco2)cc1.O=C(O)C(=O)O. The summed E-state index contributed by atoms with van der Waals surface area (Å²) in [6, 6.07) is 11.2. The zero-order chi connectivity index (χ0) is 17.8. The largest absolute Gasteiger partial charge is 0.494 e. The van der Waals surface area contributed by atoms with Crippen LogP contribution in [0.4, 0.5) is 0 Å². The second-order valence-electron chi connectivity index (χ2n) is 4.52. The summed E-state index contributed by atoms with van der Waals surface area (Å²) >= 11 is 5.79. The summed E-state index contributed by atoms with van der Waals surface area (Å²) < 4.78 is 10.8. The minimum atomic E-state index is -1.82. The quantitative estimate of drug-likeness (QED) is 0.517. The molecule has 130 valence electrons. The van der Waals surface area contributed by atoms with Crippen LogP contribution < -0.4 is 10.1 Å². The van der Waals surface area contributed by atoms with Crippen molar-refractivity contribution in [3.8, 4) is 5.75 Å². The topological polar surface area (TPSA) is 109 Å². The third-order valence-electron chi connectivity index (χ3n) is 2.64. The molecular formula is C16H18ClNO6. The van der Waals surface area contributed by atoms with E-state index in [2.05, 4.69) is 5.32 Å². The summed E-state index contributed by atoms with van der Waals surface area (Å²) in [6.45, 7) is 2.34. The lowest BCUT2D eigenvalue weighted by atomic mass is 10.3. The number of ether oxygens (including phenoxy) is 1. The van der Waals surface area contributed by atoms with Gasteiger partial charge in [-0.05, 0) is 49.4 Å². The highest BCUT2D eigenvalue weighted by Gasteiger charge is 2.04. The van der Waals surface area contributed by atoms with E-state index in [1.807, 2.05) is 36.4 Å². The van der Waals surface area contributed by atoms with Crippen LogP contribution in [0.5, 0.6) is 5.75 Å². The molecule has 0 spiro atoms. The van der Waals surface area contributed by atoms with Gasteiger partial charge in [0.05, 0.1) is 19.4 Å². The van der Waals surface area contributed by atoms with Gasteiger partial charge in [-0.25, -0.2) is 9.59 Å². The van der Waals surface area contributed by atoms with E-state index in [-0.39, 0.29) is 0 Å². The minimum absolute atomic E-state index is 0.687. The Bertz CT molecular complexity index is 600. The Balaban J connectivity index is 0.000000413. The summed E-state index contributed by atoms with van der Waals surface area (Å²) in [5, 5.41) is 18.8. The molecule has 1 heterocycles. The molecule has 2 rings (SSSR count). The molecule has 0 saturated heterocycles. The Hall–Kier alpha value is -2.51. The van der Waals surface area contributed by atoms with Crippen molar-refractivity contribution in [1.82, 2.24) is 5.32 Å². The predicted molar refractivity (Wildman–Crippen MR) is 87.3 cm³/mol. The van der Waals surface area contributed by atoms with E-state index in [0.29, 0.717) is 6.61 Å². The van der Waals surface area contributed by atoms with Crippen LogP contribution in [0.25, 0.3) is 0 Å². The number of nitrogens with one attached hydrogen (secondary N) is 1. The summed E-state index contributed by atoms with van der Waals surface area (Å²) in [6.07, 6.45) is 2.63. The number of carboxylic acids is 2. The molecule has 0 amide bonds. The van der Waals surface area contributed by atoms with Gasteiger partial charge in [0.15, 0.2) is 0 Å². The Labute approximate surface area is 143 Å². The van der Waals surface area contributed by atoms with E-state index < -0.39 is 11.9 Å². The smallest absolute Gasteiger partial charge is 0.414 e. The van der Waals surface area contributed by atoms with Crippen LogP contribution in [-0.2, 0) is 16.1 Å². The Kier molecular flexibility index (Phi) is 9.03. The maximum atomic E-state index is 9.10. The molecule has 0 atom stereocenters. The maximum Gasteiger partial charge on any atom is 0.414 e. The fourth-order valence-electron chi connectivity index (χ4n) is 1.54. The maximum absolute atomic E-state index is 9.10. The molecule has 3 N–H and O–H groups in total. The highest BCUT2D eigenvalue weighted by atomic mass is 35.5. The monoisotopic (exact) mass is 355 g/mol. The normalized spacial score (nSPS) is 9.71. The zero-order valence-corrected chi connectivity index (χ0v) is 13.5. The van der Waals surface area contributed by atoms with Gasteiger partial charge in [-0.3, -0.25) is 0 Å². The predicted octanol–water partition coefficient (Wildman–Crippen LogP) is 2.65. The second kappa shape index (κ2) is 11.1. The number of hydrogen-bond acceptors (Lipinski definition) is 5. The van der Waals surface area contributed by atoms with Crippen LogP contribution in [0.15, 0.2) is 47.1 Å². The molecule has 24 heavy (non-hydrogen) atoms. The first-order valence-corrected chi connectivity index (χ1v) is 7.44. The van der Waals surface area contributed by atoms with Gasteiger partial charge >= 0.3 is 11.9 Å². The average molecular weight is 356 g/mol. The minimum Gasteiger partial charge on any atom is -0.494 e. The van der Waals surface area contributed by atoms with Crippen LogP contribution >= 0.6 is 11.6 Å². The molecule has 0 aliphatic carbocycles. The van der Waals surface area contributed by atoms with Crippen LogP contribution in [0, 0.1) is 0 Å². The molecule has 7 nitrogen and oxygen atoms in total. The van der Waals surface area contributed by atoms with E-state index in [1.54, 1.807) is 6.26 Å². The molecule has 1 aromatic carbocycles. The van der Waals surface area contributed by atoms with Crippen LogP contribution in [0.2, 0.25) is 5.02 Å². The van der Waals surface area contributed by atoms with Crippen molar-refractivity contribution in [2.75, 3.05) is 13.2 Å². The molecule has 0 fully saturated rings. The van der Waals surface area contributed by atoms with Gasteiger partial charge in [0.1, 0.15) is 11.5 Å². The average Bonchev–Trinajstić information content (AvgIpc) is 3.06. The van der Waals surface area contributed by atoms with E-state index in [1.165, 1.54) is 0 Å². The molecule has 0 saturated carbocycles. The van der Waals surface area contributed by atoms with E-state index in [4.69, 9.17) is 40.6 Å². The number of halogens is 1. The van der Waals surface area contributed by atoms with Gasteiger partial charge in [0, 0.05) is 5.02 Å². The zero-order valence-electron chi connectivity index (χ0n) is 12.8. The van der Waals surface area contributed by atoms with Gasteiger partial charge < -0.3 is 24.7 Å². The number of rotatable bonds is 7. The van der Waals surface area contributed by atoms with Crippen molar-refractivity contribution < 1.29 is 29.0 Å². The summed E-state index contributed by atoms with van der Waals surface area (Å²) in [7, 11) is 0. The lowest BCUT2D eigenvalue weighted by molar-refractivity contribution is -0.159. The van der Waals surface area contributed by atoms with Crippen LogP contribution in [0.3, 0.4) is 0 Å². The fraction of sp³-hybridized carbons (Fsp3) is 0.250. The number of carboxylic acid groups (broad SMARTS) is 2. The molecule has 0 radical (unpaired) electrons. The van der Waals surface area contributed by atoms with Gasteiger partial charge in [0.2, 0.25) is 0 Å². The van der Waals surface area contributed by atoms with Crippen LogP contribution in [-0.4, -0.2) is 35.3 Å². The fourth-order valence-corrected chi connectivity index (χ4v) is 1.67. The molecular weight excluding hydrogens is 338 g/mol. The number of carbonyl (C=O) groups is 2. The van der Waals surface area contributed by atoms with Crippen molar-refractivity contribution in [2.45, 2.75) is 13.0 Å². The molecule has 0 aliphatic heterocycles. The molecule has 0 unspecified atom stereocenters. The van der Waals surface area contributed by atoms with Gasteiger partial charge in [-0.1, -0.05) is 11.6 Å². The highest BCUT2D eigenvalue weighted by Crippen LogP contribution is 2.15. The molecule has 0 aliphatic rings. The first-order chi connectivity index (χ1) is 11.5. The van der Waals surface area contributed by atoms with Gasteiger partial charge in [-0.15, -0.1) is 0 Å². The Morgan fingerprint density at radius 2 is 1.79 bits per heavy atom. The van der Waals surface area contributed by atoms with Crippen molar-refractivity contribution in [3.63, 3.8) is 0 Å². The van der Waals surface area contributed by atoms with E-state index >= 15 is 0 Å². The van der Waals surface area contributed by atoms with Crippen LogP contribution in [0.1, 0.15) is 12.2 Å². The number of aliphatic carboxylic acids is 2. The standard InChI is InChI=1S/C14H16ClNO2.C2H2O4/c15-12-4-6-13(7-5-12)17-10-2-8-16-11-14-3-1-9-18-14;3-1(4)2(5)6/h1,3-7,9,16H,2,8,10-11H2;(H,3,4)(H,5,6). The van der Waals surface area contributed by atoms with Gasteiger partial charge in [-0.2, -0.15) is 0 Å². The van der Waals surface area contributed by atoms with E-state index in [0.717, 1.165) is 36.0 Å². The Morgan fingerprint density at radius 1 is 1.12 bits per heavy atom. The van der Waals surface area contributed by atoms with Crippen molar-refractivity contribution >= 4 is 23.5 Å². The third-order valence-corrected chi connectivity index (χ3v) is 2.89. The number of hydrogen-bond donors (Lipinski definition) is 3. The number of furan rings is 1. The van der Waals surface area contributed by atoms with Crippen molar-refractivity contribution in [3.05, 3.63) is 53.4 Å². The molecule has 8 heteroatoms. The first-order valence-electron chi connectivity index (χ1n) is 7.06. The molecule has 2 aromatic rings. The molecule has 1 aromatic heterocycles. The summed E-state index contributed by atoms with van der Waals surface area (Å²) in [5.41, 5.74) is 0. The first kappa shape index (κ1) is 19.5.